The van der Waals surface area contributed by atoms with E-state index in [1.165, 1.54) is 24.0 Å². The Hall–Kier alpha value is -1.69. The van der Waals surface area contributed by atoms with Crippen LogP contribution >= 0.6 is 0 Å². The van der Waals surface area contributed by atoms with E-state index in [0.717, 1.165) is 57.4 Å². The first kappa shape index (κ1) is 24.9. The number of hydrogen-bond acceptors (Lipinski definition) is 4. The summed E-state index contributed by atoms with van der Waals surface area (Å²) in [6.07, 6.45) is 15.4. The molecule has 3 rings (SSSR count). The van der Waals surface area contributed by atoms with E-state index in [-0.39, 0.29) is 18.5 Å². The van der Waals surface area contributed by atoms with Crippen molar-refractivity contribution >= 4 is 5.97 Å². The van der Waals surface area contributed by atoms with Crippen LogP contribution in [0, 0.1) is 17.8 Å². The molecule has 1 aromatic carbocycles. The van der Waals surface area contributed by atoms with Gasteiger partial charge in [-0.15, -0.1) is 0 Å². The molecular formula is C27H43N3O2. The van der Waals surface area contributed by atoms with Gasteiger partial charge in [0.2, 0.25) is 0 Å². The Labute approximate surface area is 193 Å². The highest BCUT2D eigenvalue weighted by Gasteiger charge is 2.47. The van der Waals surface area contributed by atoms with Crippen molar-refractivity contribution < 1.29 is 9.90 Å². The van der Waals surface area contributed by atoms with Gasteiger partial charge in [0.15, 0.2) is 0 Å². The van der Waals surface area contributed by atoms with E-state index in [1.54, 1.807) is 0 Å². The zero-order valence-electron chi connectivity index (χ0n) is 19.5. The molecule has 0 heterocycles. The maximum atomic E-state index is 10.7. The van der Waals surface area contributed by atoms with Crippen LogP contribution < -0.4 is 17.2 Å². The summed E-state index contributed by atoms with van der Waals surface area (Å²) >= 11 is 0. The largest absolute Gasteiger partial charge is 0.481 e. The molecule has 5 atom stereocenters. The molecule has 178 valence electrons. The van der Waals surface area contributed by atoms with Gasteiger partial charge in [0.05, 0.1) is 0 Å². The predicted molar refractivity (Wildman–Crippen MR) is 131 cm³/mol. The van der Waals surface area contributed by atoms with Gasteiger partial charge in [0.1, 0.15) is 0 Å². The number of unbranched alkanes of at least 4 members (excludes halogenated alkanes) is 3. The topological polar surface area (TPSA) is 115 Å². The van der Waals surface area contributed by atoms with Crippen LogP contribution in [0.2, 0.25) is 0 Å². The fourth-order valence-corrected chi connectivity index (χ4v) is 5.66. The van der Waals surface area contributed by atoms with Gasteiger partial charge in [-0.2, -0.15) is 0 Å². The van der Waals surface area contributed by atoms with Crippen molar-refractivity contribution in [1.29, 1.82) is 0 Å². The van der Waals surface area contributed by atoms with Crippen LogP contribution in [0.25, 0.3) is 0 Å². The van der Waals surface area contributed by atoms with Gasteiger partial charge < -0.3 is 22.3 Å². The van der Waals surface area contributed by atoms with E-state index in [2.05, 4.69) is 36.4 Å². The second kappa shape index (κ2) is 12.5. The van der Waals surface area contributed by atoms with Crippen molar-refractivity contribution in [2.75, 3.05) is 6.54 Å². The molecule has 0 aromatic heterocycles. The molecule has 0 spiro atoms. The number of hydrogen-bond donors (Lipinski definition) is 4. The van der Waals surface area contributed by atoms with Gasteiger partial charge >= 0.3 is 5.97 Å². The molecule has 32 heavy (non-hydrogen) atoms. The summed E-state index contributed by atoms with van der Waals surface area (Å²) in [5.41, 5.74) is 21.3. The Bertz CT molecular complexity index is 729. The Morgan fingerprint density at radius 3 is 2.50 bits per heavy atom. The van der Waals surface area contributed by atoms with Gasteiger partial charge in [-0.25, -0.2) is 0 Å². The summed E-state index contributed by atoms with van der Waals surface area (Å²) in [6, 6.07) is 9.24. The number of benzene rings is 1. The summed E-state index contributed by atoms with van der Waals surface area (Å²) < 4.78 is 0. The molecule has 0 bridgehead atoms. The molecule has 1 aromatic rings. The van der Waals surface area contributed by atoms with Crippen molar-refractivity contribution in [3.63, 3.8) is 0 Å². The predicted octanol–water partition coefficient (Wildman–Crippen LogP) is 4.86. The second-order valence-electron chi connectivity index (χ2n) is 9.99. The van der Waals surface area contributed by atoms with Crippen molar-refractivity contribution in [2.24, 2.45) is 35.0 Å². The van der Waals surface area contributed by atoms with E-state index in [1.807, 2.05) is 0 Å². The average Bonchev–Trinajstić information content (AvgIpc) is 3.57. The first-order valence-corrected chi connectivity index (χ1v) is 12.7. The molecule has 2 aliphatic carbocycles. The number of nitrogens with two attached hydrogens (primary N) is 3. The van der Waals surface area contributed by atoms with E-state index < -0.39 is 5.97 Å². The summed E-state index contributed by atoms with van der Waals surface area (Å²) in [7, 11) is 0. The van der Waals surface area contributed by atoms with Crippen molar-refractivity contribution in [3.05, 3.63) is 47.5 Å². The smallest absolute Gasteiger partial charge is 0.303 e. The molecule has 5 nitrogen and oxygen atoms in total. The lowest BCUT2D eigenvalue weighted by molar-refractivity contribution is -0.137. The molecule has 0 aliphatic heterocycles. The number of aliphatic carboxylic acids is 1. The number of allylic oxidation sites excluding steroid dienone is 2. The van der Waals surface area contributed by atoms with Crippen LogP contribution in [-0.4, -0.2) is 23.7 Å². The van der Waals surface area contributed by atoms with Crippen molar-refractivity contribution in [3.8, 4) is 0 Å². The van der Waals surface area contributed by atoms with Gasteiger partial charge in [0.25, 0.3) is 0 Å². The van der Waals surface area contributed by atoms with E-state index in [4.69, 9.17) is 22.3 Å². The number of carboxylic acids is 1. The monoisotopic (exact) mass is 441 g/mol. The standard InChI is InChI=1S/C27H43N3O2/c28-17-7-3-5-9-24(29)20-13-15-21(16-14-20)27-22(8-4-1-2-6-10-26(31)32)23(18-25(27)30)19-11-12-19/h1,4,13-16,19,22-25,27H,2-3,5-12,17-18,28-30H2,(H,31,32)/b4-1-/t22-,23-,24?,25-,27?/m0/s1. The third kappa shape index (κ3) is 7.16. The SMILES string of the molecule is NCCCCCC(N)c1ccc(C2[C@@H](C/C=C\CCCC(=O)O)[C@H](C3CC3)C[C@@H]2N)cc1. The molecule has 0 saturated heterocycles. The molecule has 0 amide bonds. The average molecular weight is 442 g/mol. The molecule has 2 aliphatic rings. The molecular weight excluding hydrogens is 398 g/mol. The number of rotatable bonds is 14. The summed E-state index contributed by atoms with van der Waals surface area (Å²) in [5, 5.41) is 8.80. The van der Waals surface area contributed by atoms with Crippen LogP contribution in [0.5, 0.6) is 0 Å². The Morgan fingerprint density at radius 1 is 1.09 bits per heavy atom. The van der Waals surface area contributed by atoms with Crippen LogP contribution in [0.15, 0.2) is 36.4 Å². The normalized spacial score (nSPS) is 26.6. The summed E-state index contributed by atoms with van der Waals surface area (Å²) in [4.78, 5) is 10.7. The minimum Gasteiger partial charge on any atom is -0.481 e. The molecule has 2 saturated carbocycles. The minimum atomic E-state index is -0.715. The highest BCUT2D eigenvalue weighted by Crippen LogP contribution is 2.54. The highest BCUT2D eigenvalue weighted by molar-refractivity contribution is 5.66. The van der Waals surface area contributed by atoms with E-state index >= 15 is 0 Å². The Kier molecular flexibility index (Phi) is 9.76. The van der Waals surface area contributed by atoms with Gasteiger partial charge in [0, 0.05) is 24.4 Å². The fourth-order valence-electron chi connectivity index (χ4n) is 5.66. The lowest BCUT2D eigenvalue weighted by Crippen LogP contribution is -2.26. The fraction of sp³-hybridized carbons (Fsp3) is 0.667. The lowest BCUT2D eigenvalue weighted by atomic mass is 9.79. The molecule has 2 unspecified atom stereocenters. The van der Waals surface area contributed by atoms with Crippen molar-refractivity contribution in [1.82, 2.24) is 0 Å². The van der Waals surface area contributed by atoms with Gasteiger partial charge in [-0.1, -0.05) is 49.3 Å². The molecule has 7 N–H and O–H groups in total. The van der Waals surface area contributed by atoms with Gasteiger partial charge in [-0.05, 0) is 86.8 Å². The first-order valence-electron chi connectivity index (χ1n) is 12.7. The van der Waals surface area contributed by atoms with Crippen molar-refractivity contribution in [2.45, 2.75) is 88.6 Å². The molecule has 5 heteroatoms. The first-order chi connectivity index (χ1) is 15.5. The van der Waals surface area contributed by atoms with E-state index in [9.17, 15) is 4.79 Å². The summed E-state index contributed by atoms with van der Waals surface area (Å²) in [5.74, 6) is 1.80. The van der Waals surface area contributed by atoms with Gasteiger partial charge in [-0.3, -0.25) is 4.79 Å². The molecule has 2 fully saturated rings. The third-order valence-corrected chi connectivity index (χ3v) is 7.55. The zero-order chi connectivity index (χ0) is 22.9. The van der Waals surface area contributed by atoms with E-state index in [0.29, 0.717) is 24.2 Å². The third-order valence-electron chi connectivity index (χ3n) is 7.55. The Morgan fingerprint density at radius 2 is 1.84 bits per heavy atom. The summed E-state index contributed by atoms with van der Waals surface area (Å²) in [6.45, 7) is 0.756. The lowest BCUT2D eigenvalue weighted by Gasteiger charge is -2.26. The maximum absolute atomic E-state index is 10.7. The zero-order valence-corrected chi connectivity index (χ0v) is 19.5. The highest BCUT2D eigenvalue weighted by atomic mass is 16.4. The van der Waals surface area contributed by atoms with Crippen LogP contribution in [0.3, 0.4) is 0 Å². The second-order valence-corrected chi connectivity index (χ2v) is 9.99. The number of carbonyl (C=O) groups is 1. The number of carboxylic acid groups (broad SMARTS) is 1. The molecule has 0 radical (unpaired) electrons. The minimum absolute atomic E-state index is 0.0859. The van der Waals surface area contributed by atoms with Crippen LogP contribution in [0.4, 0.5) is 0 Å². The van der Waals surface area contributed by atoms with Crippen LogP contribution in [-0.2, 0) is 4.79 Å². The quantitative estimate of drug-likeness (QED) is 0.243. The Balaban J connectivity index is 1.61. The maximum Gasteiger partial charge on any atom is 0.303 e. The van der Waals surface area contributed by atoms with Crippen LogP contribution in [0.1, 0.15) is 93.7 Å².